The smallest absolute Gasteiger partial charge is 0.293 e. The molecule has 10 heteroatoms. The maximum absolute atomic E-state index is 12.3. The van der Waals surface area contributed by atoms with Crippen LogP contribution < -0.4 is 10.6 Å². The molecule has 2 N–H and O–H groups in total. The van der Waals surface area contributed by atoms with Crippen LogP contribution in [0.1, 0.15) is 13.8 Å². The molecular formula is C16H24N4O5S. The van der Waals surface area contributed by atoms with Crippen molar-refractivity contribution in [2.45, 2.75) is 24.8 Å². The van der Waals surface area contributed by atoms with E-state index in [0.717, 1.165) is 12.3 Å². The first-order valence-corrected chi connectivity index (χ1v) is 10.2. The van der Waals surface area contributed by atoms with Crippen molar-refractivity contribution in [2.24, 2.45) is 11.7 Å². The molecule has 0 radical (unpaired) electrons. The van der Waals surface area contributed by atoms with E-state index >= 15 is 0 Å². The summed E-state index contributed by atoms with van der Waals surface area (Å²) in [5, 5.41) is 11.4. The van der Waals surface area contributed by atoms with Crippen molar-refractivity contribution in [3.8, 4) is 0 Å². The summed E-state index contributed by atoms with van der Waals surface area (Å²) < 4.78 is 23.3. The molecule has 1 amide bonds. The molecule has 1 aromatic carbocycles. The minimum absolute atomic E-state index is 0.0326. The molecule has 1 saturated heterocycles. The van der Waals surface area contributed by atoms with Crippen LogP contribution >= 0.6 is 0 Å². The van der Waals surface area contributed by atoms with Gasteiger partial charge in [0.25, 0.3) is 5.69 Å². The molecule has 0 aromatic heterocycles. The lowest BCUT2D eigenvalue weighted by atomic mass is 10.0. The van der Waals surface area contributed by atoms with Gasteiger partial charge < -0.3 is 15.5 Å². The Bertz CT molecular complexity index is 801. The molecule has 144 valence electrons. The summed E-state index contributed by atoms with van der Waals surface area (Å²) >= 11 is 0. The lowest BCUT2D eigenvalue weighted by Crippen LogP contribution is -2.54. The summed E-state index contributed by atoms with van der Waals surface area (Å²) in [6.45, 7) is 5.40. The number of nitro groups is 1. The van der Waals surface area contributed by atoms with Gasteiger partial charge in [-0.25, -0.2) is 8.42 Å². The first-order valence-electron chi connectivity index (χ1n) is 8.30. The number of carbonyl (C=O) groups is 1. The van der Waals surface area contributed by atoms with Gasteiger partial charge in [-0.05, 0) is 18.1 Å². The van der Waals surface area contributed by atoms with Gasteiger partial charge in [-0.15, -0.1) is 0 Å². The van der Waals surface area contributed by atoms with Gasteiger partial charge in [0.2, 0.25) is 5.91 Å². The first-order chi connectivity index (χ1) is 12.0. The van der Waals surface area contributed by atoms with Crippen LogP contribution in [0.15, 0.2) is 23.1 Å². The number of benzene rings is 1. The Morgan fingerprint density at radius 3 is 2.27 bits per heavy atom. The second-order valence-electron chi connectivity index (χ2n) is 6.76. The van der Waals surface area contributed by atoms with Crippen molar-refractivity contribution < 1.29 is 18.1 Å². The van der Waals surface area contributed by atoms with E-state index in [0.29, 0.717) is 31.9 Å². The van der Waals surface area contributed by atoms with E-state index in [2.05, 4.69) is 0 Å². The molecule has 2 rings (SSSR count). The van der Waals surface area contributed by atoms with Crippen molar-refractivity contribution in [3.63, 3.8) is 0 Å². The van der Waals surface area contributed by atoms with Crippen LogP contribution in [0.25, 0.3) is 0 Å². The maximum Gasteiger partial charge on any atom is 0.293 e. The summed E-state index contributed by atoms with van der Waals surface area (Å²) in [4.78, 5) is 26.5. The SMILES string of the molecule is CC(C)[C@H](N)C(=O)N1CCN(c2ccc(S(C)(=O)=O)cc2[N+](=O)[O-])CC1. The van der Waals surface area contributed by atoms with Crippen molar-refractivity contribution in [1.82, 2.24) is 4.90 Å². The summed E-state index contributed by atoms with van der Waals surface area (Å²) in [7, 11) is -3.53. The van der Waals surface area contributed by atoms with Crippen LogP contribution in [0.4, 0.5) is 11.4 Å². The highest BCUT2D eigenvalue weighted by Crippen LogP contribution is 2.31. The molecule has 0 aliphatic carbocycles. The van der Waals surface area contributed by atoms with Crippen LogP contribution in [0.3, 0.4) is 0 Å². The largest absolute Gasteiger partial charge is 0.362 e. The zero-order valence-corrected chi connectivity index (χ0v) is 15.9. The second-order valence-corrected chi connectivity index (χ2v) is 8.78. The highest BCUT2D eigenvalue weighted by molar-refractivity contribution is 7.90. The van der Waals surface area contributed by atoms with Crippen LogP contribution in [0.2, 0.25) is 0 Å². The summed E-state index contributed by atoms with van der Waals surface area (Å²) in [6, 6.07) is 3.33. The third kappa shape index (κ3) is 4.31. The minimum Gasteiger partial charge on any atom is -0.362 e. The Morgan fingerprint density at radius 2 is 1.81 bits per heavy atom. The molecular weight excluding hydrogens is 360 g/mol. The summed E-state index contributed by atoms with van der Waals surface area (Å²) in [5.41, 5.74) is 6.00. The number of amides is 1. The summed E-state index contributed by atoms with van der Waals surface area (Å²) in [5.74, 6) is -0.0910. The quantitative estimate of drug-likeness (QED) is 0.582. The average Bonchev–Trinajstić information content (AvgIpc) is 2.59. The fourth-order valence-electron chi connectivity index (χ4n) is 2.81. The zero-order valence-electron chi connectivity index (χ0n) is 15.1. The predicted molar refractivity (Wildman–Crippen MR) is 97.8 cm³/mol. The van der Waals surface area contributed by atoms with E-state index < -0.39 is 20.8 Å². The van der Waals surface area contributed by atoms with E-state index in [-0.39, 0.29) is 22.4 Å². The Kier molecular flexibility index (Phi) is 5.87. The molecule has 9 nitrogen and oxygen atoms in total. The number of carbonyl (C=O) groups excluding carboxylic acids is 1. The Hall–Kier alpha value is -2.20. The third-order valence-electron chi connectivity index (χ3n) is 4.51. The van der Waals surface area contributed by atoms with E-state index in [1.54, 1.807) is 9.80 Å². The fraction of sp³-hybridized carbons (Fsp3) is 0.562. The highest BCUT2D eigenvalue weighted by Gasteiger charge is 2.29. The van der Waals surface area contributed by atoms with Crippen LogP contribution in [0, 0.1) is 16.0 Å². The van der Waals surface area contributed by atoms with Crippen molar-refractivity contribution in [2.75, 3.05) is 37.3 Å². The highest BCUT2D eigenvalue weighted by atomic mass is 32.2. The monoisotopic (exact) mass is 384 g/mol. The van der Waals surface area contributed by atoms with Crippen molar-refractivity contribution in [1.29, 1.82) is 0 Å². The number of sulfone groups is 1. The van der Waals surface area contributed by atoms with E-state index in [1.165, 1.54) is 12.1 Å². The Morgan fingerprint density at radius 1 is 1.23 bits per heavy atom. The number of rotatable bonds is 5. The van der Waals surface area contributed by atoms with Gasteiger partial charge in [-0.1, -0.05) is 13.8 Å². The van der Waals surface area contributed by atoms with Gasteiger partial charge in [0.15, 0.2) is 9.84 Å². The molecule has 0 unspecified atom stereocenters. The third-order valence-corrected chi connectivity index (χ3v) is 5.62. The second kappa shape index (κ2) is 7.58. The van der Waals surface area contributed by atoms with Gasteiger partial charge in [0.1, 0.15) is 5.69 Å². The molecule has 1 aliphatic heterocycles. The van der Waals surface area contributed by atoms with Crippen molar-refractivity contribution >= 4 is 27.1 Å². The predicted octanol–water partition coefficient (Wildman–Crippen LogP) is 0.630. The van der Waals surface area contributed by atoms with Crippen LogP contribution in [-0.2, 0) is 14.6 Å². The lowest BCUT2D eigenvalue weighted by molar-refractivity contribution is -0.384. The Labute approximate surface area is 152 Å². The van der Waals surface area contributed by atoms with Gasteiger partial charge >= 0.3 is 0 Å². The van der Waals surface area contributed by atoms with Gasteiger partial charge in [-0.2, -0.15) is 0 Å². The van der Waals surface area contributed by atoms with Gasteiger partial charge in [0.05, 0.1) is 15.9 Å². The lowest BCUT2D eigenvalue weighted by Gasteiger charge is -2.37. The molecule has 0 bridgehead atoms. The molecule has 26 heavy (non-hydrogen) atoms. The first kappa shape index (κ1) is 20.1. The maximum atomic E-state index is 12.3. The zero-order chi connectivity index (χ0) is 19.6. The number of anilines is 1. The number of nitro benzene ring substituents is 1. The standard InChI is InChI=1S/C16H24N4O5S/c1-11(2)15(17)16(21)19-8-6-18(7-9-19)13-5-4-12(26(3,24)25)10-14(13)20(22)23/h4-5,10-11,15H,6-9,17H2,1-3H3/t15-/m0/s1. The topological polar surface area (TPSA) is 127 Å². The molecule has 0 spiro atoms. The Balaban J connectivity index is 2.19. The fourth-order valence-corrected chi connectivity index (χ4v) is 3.45. The minimum atomic E-state index is -3.53. The molecule has 0 saturated carbocycles. The van der Waals surface area contributed by atoms with E-state index in [4.69, 9.17) is 5.73 Å². The van der Waals surface area contributed by atoms with Crippen LogP contribution in [-0.4, -0.2) is 62.6 Å². The molecule has 1 aromatic rings. The normalized spacial score (nSPS) is 16.7. The average molecular weight is 384 g/mol. The van der Waals surface area contributed by atoms with Crippen molar-refractivity contribution in [3.05, 3.63) is 28.3 Å². The molecule has 1 heterocycles. The number of nitrogens with zero attached hydrogens (tertiary/aromatic N) is 3. The van der Waals surface area contributed by atoms with Gasteiger partial charge in [-0.3, -0.25) is 14.9 Å². The number of hydrogen-bond acceptors (Lipinski definition) is 7. The number of nitrogens with two attached hydrogens (primary N) is 1. The van der Waals surface area contributed by atoms with E-state index in [9.17, 15) is 23.3 Å². The molecule has 1 fully saturated rings. The number of piperazine rings is 1. The molecule has 1 atom stereocenters. The summed E-state index contributed by atoms with van der Waals surface area (Å²) in [6.07, 6.45) is 1.01. The van der Waals surface area contributed by atoms with Gasteiger partial charge in [0, 0.05) is 38.5 Å². The number of hydrogen-bond donors (Lipinski definition) is 1. The van der Waals surface area contributed by atoms with E-state index in [1.807, 2.05) is 13.8 Å². The molecule has 1 aliphatic rings. The van der Waals surface area contributed by atoms with Crippen LogP contribution in [0.5, 0.6) is 0 Å².